The smallest absolute Gasteiger partial charge is 0.126 e. The number of hydrogen-bond acceptors (Lipinski definition) is 2. The Bertz CT molecular complexity index is 342. The number of rotatable bonds is 3. The summed E-state index contributed by atoms with van der Waals surface area (Å²) >= 11 is 0. The molecule has 1 aromatic rings. The number of ether oxygens (including phenoxy) is 1. The zero-order valence-electron chi connectivity index (χ0n) is 9.36. The molecule has 2 N–H and O–H groups in total. The van der Waals surface area contributed by atoms with Gasteiger partial charge in [0.25, 0.3) is 0 Å². The van der Waals surface area contributed by atoms with Crippen molar-refractivity contribution in [2.45, 2.75) is 31.8 Å². The van der Waals surface area contributed by atoms with Gasteiger partial charge in [-0.3, -0.25) is 0 Å². The molecular weight excluding hydrogens is 205 g/mol. The van der Waals surface area contributed by atoms with Gasteiger partial charge < -0.3 is 10.5 Å². The minimum Gasteiger partial charge on any atom is -0.490 e. The van der Waals surface area contributed by atoms with Crippen LogP contribution >= 0.6 is 0 Å². The number of benzene rings is 1. The summed E-state index contributed by atoms with van der Waals surface area (Å²) in [5.74, 6) is 0.943. The van der Waals surface area contributed by atoms with Crippen LogP contribution in [0.15, 0.2) is 24.3 Å². The van der Waals surface area contributed by atoms with Crippen LogP contribution in [0.2, 0.25) is 0 Å². The van der Waals surface area contributed by atoms with E-state index in [0.29, 0.717) is 11.7 Å². The normalized spacial score (nSPS) is 25.4. The largest absolute Gasteiger partial charge is 0.490 e. The maximum Gasteiger partial charge on any atom is 0.126 e. The van der Waals surface area contributed by atoms with Crippen molar-refractivity contribution in [3.05, 3.63) is 30.1 Å². The number of hydrogen-bond donors (Lipinski definition) is 1. The Kier molecular flexibility index (Phi) is 3.78. The van der Waals surface area contributed by atoms with E-state index in [1.165, 1.54) is 18.6 Å². The van der Waals surface area contributed by atoms with Gasteiger partial charge in [-0.05, 0) is 50.3 Å². The summed E-state index contributed by atoms with van der Waals surface area (Å²) in [5.41, 5.74) is 5.67. The molecule has 2 unspecified atom stereocenters. The van der Waals surface area contributed by atoms with E-state index in [1.807, 2.05) is 0 Å². The van der Waals surface area contributed by atoms with Crippen molar-refractivity contribution in [1.29, 1.82) is 0 Å². The monoisotopic (exact) mass is 223 g/mol. The molecule has 2 atom stereocenters. The van der Waals surface area contributed by atoms with Crippen LogP contribution in [0.4, 0.5) is 4.39 Å². The molecule has 2 rings (SSSR count). The first-order valence-electron chi connectivity index (χ1n) is 5.90. The third-order valence-electron chi connectivity index (χ3n) is 3.17. The molecule has 0 radical (unpaired) electrons. The van der Waals surface area contributed by atoms with E-state index >= 15 is 0 Å². The zero-order chi connectivity index (χ0) is 11.4. The van der Waals surface area contributed by atoms with Gasteiger partial charge >= 0.3 is 0 Å². The molecule has 1 saturated carbocycles. The lowest BCUT2D eigenvalue weighted by Gasteiger charge is -2.28. The van der Waals surface area contributed by atoms with Crippen molar-refractivity contribution >= 4 is 0 Å². The maximum atomic E-state index is 13.0. The molecule has 0 heterocycles. The van der Waals surface area contributed by atoms with Crippen molar-refractivity contribution in [3.63, 3.8) is 0 Å². The minimum atomic E-state index is -0.247. The van der Waals surface area contributed by atoms with Gasteiger partial charge in [0.2, 0.25) is 0 Å². The van der Waals surface area contributed by atoms with Crippen LogP contribution in [-0.4, -0.2) is 12.6 Å². The van der Waals surface area contributed by atoms with E-state index in [0.717, 1.165) is 25.8 Å². The van der Waals surface area contributed by atoms with Gasteiger partial charge in [-0.25, -0.2) is 4.39 Å². The highest BCUT2D eigenvalue weighted by Gasteiger charge is 2.22. The fourth-order valence-corrected chi connectivity index (χ4v) is 2.30. The van der Waals surface area contributed by atoms with E-state index in [4.69, 9.17) is 10.5 Å². The Hall–Kier alpha value is -1.09. The molecule has 1 aliphatic rings. The van der Waals surface area contributed by atoms with E-state index in [2.05, 4.69) is 0 Å². The van der Waals surface area contributed by atoms with Gasteiger partial charge in [0.1, 0.15) is 11.6 Å². The minimum absolute atomic E-state index is 0.198. The molecule has 2 nitrogen and oxygen atoms in total. The van der Waals surface area contributed by atoms with E-state index in [1.54, 1.807) is 12.1 Å². The quantitative estimate of drug-likeness (QED) is 0.855. The van der Waals surface area contributed by atoms with Crippen molar-refractivity contribution in [1.82, 2.24) is 0 Å². The summed E-state index contributed by atoms with van der Waals surface area (Å²) in [7, 11) is 0. The second-order valence-electron chi connectivity index (χ2n) is 4.47. The Labute approximate surface area is 95.6 Å². The van der Waals surface area contributed by atoms with Crippen LogP contribution in [0.25, 0.3) is 0 Å². The first-order chi connectivity index (χ1) is 7.78. The van der Waals surface area contributed by atoms with Gasteiger partial charge in [0.15, 0.2) is 0 Å². The molecule has 0 spiro atoms. The van der Waals surface area contributed by atoms with E-state index in [-0.39, 0.29) is 11.9 Å². The highest BCUT2D eigenvalue weighted by Crippen LogP contribution is 2.27. The molecule has 0 saturated heterocycles. The first-order valence-corrected chi connectivity index (χ1v) is 5.90. The third kappa shape index (κ3) is 2.95. The summed E-state index contributed by atoms with van der Waals surface area (Å²) in [6.45, 7) is 0.725. The molecule has 1 aromatic carbocycles. The first kappa shape index (κ1) is 11.4. The lowest BCUT2D eigenvalue weighted by atomic mass is 9.87. The zero-order valence-corrected chi connectivity index (χ0v) is 9.36. The van der Waals surface area contributed by atoms with Crippen LogP contribution in [0.1, 0.15) is 25.7 Å². The van der Waals surface area contributed by atoms with Crippen molar-refractivity contribution in [2.24, 2.45) is 11.7 Å². The maximum absolute atomic E-state index is 13.0. The van der Waals surface area contributed by atoms with Crippen molar-refractivity contribution < 1.29 is 9.13 Å². The van der Waals surface area contributed by atoms with Crippen molar-refractivity contribution in [3.8, 4) is 5.75 Å². The van der Waals surface area contributed by atoms with Crippen LogP contribution in [0, 0.1) is 11.7 Å². The van der Waals surface area contributed by atoms with Crippen LogP contribution in [-0.2, 0) is 0 Å². The fourth-order valence-electron chi connectivity index (χ4n) is 2.30. The average Bonchev–Trinajstić information content (AvgIpc) is 2.29. The van der Waals surface area contributed by atoms with Crippen LogP contribution in [0.5, 0.6) is 5.75 Å². The molecule has 0 amide bonds. The van der Waals surface area contributed by atoms with Gasteiger partial charge in [0.05, 0.1) is 6.10 Å². The van der Waals surface area contributed by atoms with Gasteiger partial charge in [-0.1, -0.05) is 6.07 Å². The molecule has 0 bridgehead atoms. The predicted octanol–water partition coefficient (Wildman–Crippen LogP) is 2.72. The lowest BCUT2D eigenvalue weighted by molar-refractivity contribution is 0.125. The van der Waals surface area contributed by atoms with Crippen LogP contribution in [0.3, 0.4) is 0 Å². The molecule has 1 fully saturated rings. The highest BCUT2D eigenvalue weighted by molar-refractivity contribution is 5.22. The van der Waals surface area contributed by atoms with Crippen molar-refractivity contribution in [2.75, 3.05) is 6.54 Å². The summed E-state index contributed by atoms with van der Waals surface area (Å²) in [6.07, 6.45) is 4.59. The van der Waals surface area contributed by atoms with Gasteiger partial charge in [0, 0.05) is 6.07 Å². The SMILES string of the molecule is NCC1CCCC(Oc2cccc(F)c2)C1. The third-order valence-corrected chi connectivity index (χ3v) is 3.17. The summed E-state index contributed by atoms with van der Waals surface area (Å²) in [4.78, 5) is 0. The van der Waals surface area contributed by atoms with Gasteiger partial charge in [-0.2, -0.15) is 0 Å². The predicted molar refractivity (Wildman–Crippen MR) is 61.8 cm³/mol. The molecular formula is C13H18FNO. The molecule has 1 aliphatic carbocycles. The lowest BCUT2D eigenvalue weighted by Crippen LogP contribution is -2.29. The Morgan fingerprint density at radius 3 is 3.00 bits per heavy atom. The van der Waals surface area contributed by atoms with Gasteiger partial charge in [-0.15, -0.1) is 0 Å². The Morgan fingerprint density at radius 2 is 2.25 bits per heavy atom. The summed E-state index contributed by atoms with van der Waals surface area (Å²) in [6, 6.07) is 6.34. The molecule has 0 aromatic heterocycles. The Balaban J connectivity index is 1.94. The van der Waals surface area contributed by atoms with E-state index < -0.39 is 0 Å². The number of halogens is 1. The second-order valence-corrected chi connectivity index (χ2v) is 4.47. The number of nitrogens with two attached hydrogens (primary N) is 1. The topological polar surface area (TPSA) is 35.2 Å². The summed E-state index contributed by atoms with van der Waals surface area (Å²) < 4.78 is 18.7. The molecule has 0 aliphatic heterocycles. The summed E-state index contributed by atoms with van der Waals surface area (Å²) in [5, 5.41) is 0. The molecule has 16 heavy (non-hydrogen) atoms. The second kappa shape index (κ2) is 5.30. The fraction of sp³-hybridized carbons (Fsp3) is 0.538. The highest BCUT2D eigenvalue weighted by atomic mass is 19.1. The average molecular weight is 223 g/mol. The standard InChI is InChI=1S/C13H18FNO/c14-11-4-2-6-13(8-11)16-12-5-1-3-10(7-12)9-15/h2,4,6,8,10,12H,1,3,5,7,9,15H2. The molecule has 3 heteroatoms. The van der Waals surface area contributed by atoms with Crippen LogP contribution < -0.4 is 10.5 Å². The Morgan fingerprint density at radius 1 is 1.38 bits per heavy atom. The van der Waals surface area contributed by atoms with E-state index in [9.17, 15) is 4.39 Å². The molecule has 88 valence electrons.